The van der Waals surface area contributed by atoms with Crippen molar-refractivity contribution in [2.24, 2.45) is 0 Å². The maximum absolute atomic E-state index is 12.6. The largest absolute Gasteiger partial charge is 0.457 e. The molecule has 8 heteroatoms. The number of rotatable bonds is 6. The van der Waals surface area contributed by atoms with Gasteiger partial charge >= 0.3 is 0 Å². The lowest BCUT2D eigenvalue weighted by molar-refractivity contribution is 0.482. The molecule has 0 fully saturated rings. The standard InChI is InChI=1S/C23H18N4O2S2/c1-16-5-9-19(10-6-16)29-20-11-7-17(8-12-20)21-14-27-22(25-21)30-23(26-27)31(28)15-18-4-2-3-13-24-18/h2-14H,15H2,1H3. The molecule has 0 radical (unpaired) electrons. The summed E-state index contributed by atoms with van der Waals surface area (Å²) in [4.78, 5) is 9.58. The van der Waals surface area contributed by atoms with Crippen LogP contribution < -0.4 is 4.74 Å². The molecule has 0 aliphatic heterocycles. The Hall–Kier alpha value is -3.36. The van der Waals surface area contributed by atoms with E-state index >= 15 is 0 Å². The first-order chi connectivity index (χ1) is 15.1. The van der Waals surface area contributed by atoms with Gasteiger partial charge < -0.3 is 4.74 Å². The Morgan fingerprint density at radius 1 is 1.00 bits per heavy atom. The molecule has 5 rings (SSSR count). The molecule has 1 atom stereocenters. The molecule has 0 spiro atoms. The molecular formula is C23H18N4O2S2. The normalized spacial score (nSPS) is 12.2. The molecule has 1 unspecified atom stereocenters. The summed E-state index contributed by atoms with van der Waals surface area (Å²) in [5.41, 5.74) is 3.75. The summed E-state index contributed by atoms with van der Waals surface area (Å²) in [5.74, 6) is 1.91. The summed E-state index contributed by atoms with van der Waals surface area (Å²) >= 11 is 1.33. The van der Waals surface area contributed by atoms with Crippen LogP contribution in [0.1, 0.15) is 11.3 Å². The SMILES string of the molecule is Cc1ccc(Oc2ccc(-c3cn4nc(S(=O)Cc5ccccn5)sc4n3)cc2)cc1. The number of aromatic nitrogens is 4. The molecule has 0 saturated carbocycles. The number of nitrogens with zero attached hydrogens (tertiary/aromatic N) is 4. The monoisotopic (exact) mass is 446 g/mol. The van der Waals surface area contributed by atoms with E-state index in [-0.39, 0.29) is 0 Å². The summed E-state index contributed by atoms with van der Waals surface area (Å²) < 4.78 is 20.7. The van der Waals surface area contributed by atoms with Crippen molar-refractivity contribution in [3.05, 3.63) is 90.4 Å². The number of hydrogen-bond acceptors (Lipinski definition) is 6. The molecule has 5 aromatic rings. The van der Waals surface area contributed by atoms with Gasteiger partial charge in [-0.1, -0.05) is 35.1 Å². The van der Waals surface area contributed by atoms with Crippen molar-refractivity contribution in [2.45, 2.75) is 17.0 Å². The lowest BCUT2D eigenvalue weighted by atomic mass is 10.1. The zero-order valence-electron chi connectivity index (χ0n) is 16.6. The molecular weight excluding hydrogens is 428 g/mol. The van der Waals surface area contributed by atoms with E-state index < -0.39 is 10.8 Å². The summed E-state index contributed by atoms with van der Waals surface area (Å²) in [6.45, 7) is 2.05. The Morgan fingerprint density at radius 2 is 1.74 bits per heavy atom. The van der Waals surface area contributed by atoms with Gasteiger partial charge in [0.1, 0.15) is 11.5 Å². The highest BCUT2D eigenvalue weighted by atomic mass is 32.2. The Balaban J connectivity index is 1.31. The molecule has 6 nitrogen and oxygen atoms in total. The lowest BCUT2D eigenvalue weighted by Gasteiger charge is -2.06. The van der Waals surface area contributed by atoms with Crippen LogP contribution in [0, 0.1) is 6.92 Å². The summed E-state index contributed by atoms with van der Waals surface area (Å²) in [7, 11) is -1.25. The van der Waals surface area contributed by atoms with Crippen molar-refractivity contribution in [3.8, 4) is 22.8 Å². The fourth-order valence-corrected chi connectivity index (χ4v) is 5.16. The molecule has 31 heavy (non-hydrogen) atoms. The molecule has 154 valence electrons. The van der Waals surface area contributed by atoms with Crippen LogP contribution in [-0.4, -0.2) is 23.8 Å². The van der Waals surface area contributed by atoms with Gasteiger partial charge in [-0.25, -0.2) is 9.50 Å². The fraction of sp³-hybridized carbons (Fsp3) is 0.0870. The van der Waals surface area contributed by atoms with Gasteiger partial charge in [0, 0.05) is 11.8 Å². The molecule has 0 N–H and O–H groups in total. The predicted molar refractivity (Wildman–Crippen MR) is 122 cm³/mol. The van der Waals surface area contributed by atoms with Crippen LogP contribution in [0.5, 0.6) is 11.5 Å². The smallest absolute Gasteiger partial charge is 0.213 e. The number of imidazole rings is 1. The van der Waals surface area contributed by atoms with E-state index in [2.05, 4.69) is 15.1 Å². The van der Waals surface area contributed by atoms with Crippen LogP contribution >= 0.6 is 11.3 Å². The third-order valence-corrected chi connectivity index (χ3v) is 7.19. The van der Waals surface area contributed by atoms with Crippen LogP contribution in [0.3, 0.4) is 0 Å². The van der Waals surface area contributed by atoms with Crippen molar-refractivity contribution in [1.29, 1.82) is 0 Å². The molecule has 0 bridgehead atoms. The van der Waals surface area contributed by atoms with E-state index in [0.717, 1.165) is 28.5 Å². The molecule has 2 aromatic carbocycles. The van der Waals surface area contributed by atoms with Crippen LogP contribution in [0.2, 0.25) is 0 Å². The maximum Gasteiger partial charge on any atom is 0.213 e. The van der Waals surface area contributed by atoms with Crippen LogP contribution in [0.4, 0.5) is 0 Å². The Bertz CT molecular complexity index is 1310. The molecule has 0 aliphatic carbocycles. The lowest BCUT2D eigenvalue weighted by Crippen LogP contribution is -1.98. The van der Waals surface area contributed by atoms with Gasteiger partial charge in [0.25, 0.3) is 0 Å². The first-order valence-electron chi connectivity index (χ1n) is 9.63. The molecule has 3 aromatic heterocycles. The second kappa shape index (κ2) is 8.41. The third kappa shape index (κ3) is 4.40. The molecule has 3 heterocycles. The molecule has 0 aliphatic rings. The number of hydrogen-bond donors (Lipinski definition) is 0. The van der Waals surface area contributed by atoms with Gasteiger partial charge in [0.2, 0.25) is 9.30 Å². The van der Waals surface area contributed by atoms with E-state index in [1.807, 2.05) is 79.9 Å². The quantitative estimate of drug-likeness (QED) is 0.356. The van der Waals surface area contributed by atoms with Gasteiger partial charge in [-0.15, -0.1) is 5.10 Å². The topological polar surface area (TPSA) is 69.4 Å². The van der Waals surface area contributed by atoms with E-state index in [9.17, 15) is 4.21 Å². The Kier molecular flexibility index (Phi) is 5.31. The highest BCUT2D eigenvalue weighted by molar-refractivity contribution is 7.86. The zero-order valence-corrected chi connectivity index (χ0v) is 18.3. The van der Waals surface area contributed by atoms with Gasteiger partial charge in [-0.3, -0.25) is 9.19 Å². The highest BCUT2D eigenvalue weighted by Gasteiger charge is 2.15. The Morgan fingerprint density at radius 3 is 2.42 bits per heavy atom. The fourth-order valence-electron chi connectivity index (χ4n) is 3.03. The predicted octanol–water partition coefficient (Wildman–Crippen LogP) is 5.26. The number of fused-ring (bicyclic) bond motifs is 1. The minimum Gasteiger partial charge on any atom is -0.457 e. The average Bonchev–Trinajstić information content (AvgIpc) is 3.36. The van der Waals surface area contributed by atoms with E-state index in [1.165, 1.54) is 16.9 Å². The van der Waals surface area contributed by atoms with Crippen molar-refractivity contribution >= 4 is 27.1 Å². The molecule has 0 saturated heterocycles. The molecule has 0 amide bonds. The third-order valence-electron chi connectivity index (χ3n) is 4.63. The van der Waals surface area contributed by atoms with Gasteiger partial charge in [-0.05, 0) is 55.5 Å². The van der Waals surface area contributed by atoms with Crippen molar-refractivity contribution in [2.75, 3.05) is 0 Å². The van der Waals surface area contributed by atoms with Crippen molar-refractivity contribution in [1.82, 2.24) is 19.6 Å². The minimum atomic E-state index is -1.25. The van der Waals surface area contributed by atoms with E-state index in [0.29, 0.717) is 15.1 Å². The van der Waals surface area contributed by atoms with E-state index in [4.69, 9.17) is 4.74 Å². The zero-order chi connectivity index (χ0) is 21.2. The second-order valence-corrected chi connectivity index (χ2v) is 9.55. The Labute approximate surface area is 185 Å². The van der Waals surface area contributed by atoms with Gasteiger partial charge in [0.05, 0.1) is 34.1 Å². The summed E-state index contributed by atoms with van der Waals surface area (Å²) in [6.07, 6.45) is 3.55. The number of benzene rings is 2. The highest BCUT2D eigenvalue weighted by Crippen LogP contribution is 2.27. The van der Waals surface area contributed by atoms with Gasteiger partial charge in [0.15, 0.2) is 0 Å². The van der Waals surface area contributed by atoms with Crippen molar-refractivity contribution in [3.63, 3.8) is 0 Å². The summed E-state index contributed by atoms with van der Waals surface area (Å²) in [5, 5.41) is 4.46. The first kappa shape index (κ1) is 19.6. The van der Waals surface area contributed by atoms with Crippen LogP contribution in [-0.2, 0) is 16.6 Å². The summed E-state index contributed by atoms with van der Waals surface area (Å²) in [6, 6.07) is 21.3. The number of aryl methyl sites for hydroxylation is 1. The first-order valence-corrected chi connectivity index (χ1v) is 11.8. The number of ether oxygens (including phenoxy) is 1. The van der Waals surface area contributed by atoms with E-state index in [1.54, 1.807) is 10.7 Å². The van der Waals surface area contributed by atoms with Crippen molar-refractivity contribution < 1.29 is 8.95 Å². The second-order valence-electron chi connectivity index (χ2n) is 6.97. The average molecular weight is 447 g/mol. The number of pyridine rings is 1. The van der Waals surface area contributed by atoms with Crippen LogP contribution in [0.15, 0.2) is 83.5 Å². The maximum atomic E-state index is 12.6. The minimum absolute atomic E-state index is 0.340. The van der Waals surface area contributed by atoms with Gasteiger partial charge in [-0.2, -0.15) is 0 Å². The van der Waals surface area contributed by atoms with Crippen LogP contribution in [0.25, 0.3) is 16.2 Å².